The van der Waals surface area contributed by atoms with Crippen molar-refractivity contribution in [3.63, 3.8) is 0 Å². The molecule has 0 unspecified atom stereocenters. The molecule has 0 aliphatic heterocycles. The Morgan fingerprint density at radius 3 is 2.23 bits per heavy atom. The van der Waals surface area contributed by atoms with Gasteiger partial charge in [-0.15, -0.1) is 12.4 Å². The molecule has 1 aromatic carbocycles. The molecule has 0 amide bonds. The topological polar surface area (TPSA) is 26.0 Å². The fourth-order valence-electron chi connectivity index (χ4n) is 1.01. The summed E-state index contributed by atoms with van der Waals surface area (Å²) < 4.78 is 26.0. The predicted molar refractivity (Wildman–Crippen MR) is 50.9 cm³/mol. The smallest absolute Gasteiger partial charge is 0.163 e. The van der Waals surface area contributed by atoms with Crippen molar-refractivity contribution in [3.8, 4) is 0 Å². The molecule has 1 nitrogen and oxygen atoms in total. The lowest BCUT2D eigenvalue weighted by Crippen LogP contribution is -2.09. The van der Waals surface area contributed by atoms with Gasteiger partial charge in [0, 0.05) is 11.6 Å². The van der Waals surface area contributed by atoms with Gasteiger partial charge in [0.2, 0.25) is 0 Å². The number of benzene rings is 1. The van der Waals surface area contributed by atoms with E-state index in [1.54, 1.807) is 6.92 Å². The van der Waals surface area contributed by atoms with Crippen molar-refractivity contribution in [2.45, 2.75) is 19.9 Å². The van der Waals surface area contributed by atoms with Crippen LogP contribution < -0.4 is 5.73 Å². The highest BCUT2D eigenvalue weighted by molar-refractivity contribution is 5.85. The van der Waals surface area contributed by atoms with E-state index in [2.05, 4.69) is 0 Å². The fourth-order valence-corrected chi connectivity index (χ4v) is 1.01. The number of hydrogen-bond acceptors (Lipinski definition) is 1. The highest BCUT2D eigenvalue weighted by Gasteiger charge is 2.12. The van der Waals surface area contributed by atoms with E-state index in [1.807, 2.05) is 0 Å². The summed E-state index contributed by atoms with van der Waals surface area (Å²) in [6.07, 6.45) is 0. The molecule has 0 aromatic heterocycles. The van der Waals surface area contributed by atoms with E-state index in [-0.39, 0.29) is 18.0 Å². The van der Waals surface area contributed by atoms with E-state index in [0.29, 0.717) is 5.56 Å². The van der Waals surface area contributed by atoms with E-state index in [4.69, 9.17) is 5.73 Å². The third kappa shape index (κ3) is 2.39. The molecule has 4 heteroatoms. The van der Waals surface area contributed by atoms with Crippen LogP contribution in [0.1, 0.15) is 24.1 Å². The van der Waals surface area contributed by atoms with E-state index in [9.17, 15) is 8.78 Å². The first-order valence-corrected chi connectivity index (χ1v) is 3.74. The van der Waals surface area contributed by atoms with Crippen LogP contribution in [-0.4, -0.2) is 0 Å². The second-order valence-electron chi connectivity index (χ2n) is 2.89. The van der Waals surface area contributed by atoms with Crippen molar-refractivity contribution in [3.05, 3.63) is 34.9 Å². The van der Waals surface area contributed by atoms with Crippen molar-refractivity contribution in [2.75, 3.05) is 0 Å². The highest BCUT2D eigenvalue weighted by atomic mass is 35.5. The largest absolute Gasteiger partial charge is 0.324 e. The molecule has 0 spiro atoms. The summed E-state index contributed by atoms with van der Waals surface area (Å²) in [6, 6.07) is 2.57. The second kappa shape index (κ2) is 4.53. The SMILES string of the molecule is Cc1ccc([C@H](C)N)c(F)c1F.Cl. The molecular weight excluding hydrogens is 196 g/mol. The Labute approximate surface area is 82.4 Å². The van der Waals surface area contributed by atoms with Gasteiger partial charge < -0.3 is 5.73 Å². The summed E-state index contributed by atoms with van der Waals surface area (Å²) in [5.41, 5.74) is 5.95. The number of hydrogen-bond donors (Lipinski definition) is 1. The maximum Gasteiger partial charge on any atom is 0.163 e. The van der Waals surface area contributed by atoms with Crippen molar-refractivity contribution < 1.29 is 8.78 Å². The van der Waals surface area contributed by atoms with Gasteiger partial charge >= 0.3 is 0 Å². The minimum absolute atomic E-state index is 0. The maximum atomic E-state index is 13.1. The van der Waals surface area contributed by atoms with Crippen LogP contribution in [0.5, 0.6) is 0 Å². The molecule has 13 heavy (non-hydrogen) atoms. The van der Waals surface area contributed by atoms with Crippen molar-refractivity contribution in [1.82, 2.24) is 0 Å². The molecule has 1 rings (SSSR count). The van der Waals surface area contributed by atoms with Gasteiger partial charge in [-0.25, -0.2) is 8.78 Å². The van der Waals surface area contributed by atoms with Gasteiger partial charge in [0.05, 0.1) is 0 Å². The van der Waals surface area contributed by atoms with Crippen LogP contribution in [0.25, 0.3) is 0 Å². The van der Waals surface area contributed by atoms with Crippen molar-refractivity contribution in [1.29, 1.82) is 0 Å². The zero-order valence-corrected chi connectivity index (χ0v) is 8.29. The zero-order chi connectivity index (χ0) is 9.30. The van der Waals surface area contributed by atoms with Gasteiger partial charge in [-0.05, 0) is 19.4 Å². The minimum atomic E-state index is -0.829. The Balaban J connectivity index is 0.00000144. The molecule has 1 aromatic rings. The molecule has 0 saturated carbocycles. The van der Waals surface area contributed by atoms with Gasteiger partial charge in [-0.1, -0.05) is 12.1 Å². The quantitative estimate of drug-likeness (QED) is 0.753. The molecule has 0 saturated heterocycles. The van der Waals surface area contributed by atoms with Crippen LogP contribution >= 0.6 is 12.4 Å². The first-order valence-electron chi connectivity index (χ1n) is 3.74. The lowest BCUT2D eigenvalue weighted by Gasteiger charge is -2.08. The van der Waals surface area contributed by atoms with E-state index in [0.717, 1.165) is 0 Å². The van der Waals surface area contributed by atoms with Crippen LogP contribution in [0.4, 0.5) is 8.78 Å². The van der Waals surface area contributed by atoms with Gasteiger partial charge in [0.15, 0.2) is 11.6 Å². The van der Waals surface area contributed by atoms with Gasteiger partial charge in [-0.3, -0.25) is 0 Å². The first-order chi connectivity index (χ1) is 5.54. The summed E-state index contributed by atoms with van der Waals surface area (Å²) >= 11 is 0. The maximum absolute atomic E-state index is 13.1. The summed E-state index contributed by atoms with van der Waals surface area (Å²) in [4.78, 5) is 0. The molecular formula is C9H12ClF2N. The van der Waals surface area contributed by atoms with Gasteiger partial charge in [0.25, 0.3) is 0 Å². The predicted octanol–water partition coefficient (Wildman–Crippen LogP) is 2.71. The molecule has 0 bridgehead atoms. The number of halogens is 3. The molecule has 1 atom stereocenters. The Morgan fingerprint density at radius 1 is 1.23 bits per heavy atom. The molecule has 0 heterocycles. The summed E-state index contributed by atoms with van der Waals surface area (Å²) in [5, 5.41) is 0. The second-order valence-corrected chi connectivity index (χ2v) is 2.89. The lowest BCUT2D eigenvalue weighted by molar-refractivity contribution is 0.487. The van der Waals surface area contributed by atoms with Crippen LogP contribution in [0.3, 0.4) is 0 Å². The highest BCUT2D eigenvalue weighted by Crippen LogP contribution is 2.19. The van der Waals surface area contributed by atoms with Crippen LogP contribution in [0.2, 0.25) is 0 Å². The third-order valence-corrected chi connectivity index (χ3v) is 1.80. The average molecular weight is 208 g/mol. The first kappa shape index (κ1) is 12.3. The number of aryl methyl sites for hydroxylation is 1. The minimum Gasteiger partial charge on any atom is -0.324 e. The van der Waals surface area contributed by atoms with Crippen molar-refractivity contribution in [2.24, 2.45) is 5.73 Å². The van der Waals surface area contributed by atoms with Crippen LogP contribution in [0.15, 0.2) is 12.1 Å². The normalized spacial score (nSPS) is 12.1. The Morgan fingerprint density at radius 2 is 1.77 bits per heavy atom. The molecule has 0 fully saturated rings. The fraction of sp³-hybridized carbons (Fsp3) is 0.333. The van der Waals surface area contributed by atoms with Crippen LogP contribution in [0, 0.1) is 18.6 Å². The summed E-state index contributed by atoms with van der Waals surface area (Å²) in [7, 11) is 0. The van der Waals surface area contributed by atoms with E-state index >= 15 is 0 Å². The monoisotopic (exact) mass is 207 g/mol. The number of rotatable bonds is 1. The molecule has 0 aliphatic carbocycles. The van der Waals surface area contributed by atoms with Crippen LogP contribution in [-0.2, 0) is 0 Å². The zero-order valence-electron chi connectivity index (χ0n) is 7.47. The van der Waals surface area contributed by atoms with E-state index in [1.165, 1.54) is 19.1 Å². The lowest BCUT2D eigenvalue weighted by atomic mass is 10.1. The summed E-state index contributed by atoms with van der Waals surface area (Å²) in [5.74, 6) is -1.63. The number of nitrogens with two attached hydrogens (primary N) is 1. The molecule has 2 N–H and O–H groups in total. The average Bonchev–Trinajstić information content (AvgIpc) is 2.00. The van der Waals surface area contributed by atoms with Gasteiger partial charge in [0.1, 0.15) is 0 Å². The standard InChI is InChI=1S/C9H11F2N.ClH/c1-5-3-4-7(6(2)12)9(11)8(5)10;/h3-4,6H,12H2,1-2H3;1H/t6-;/m0./s1. The Hall–Kier alpha value is -0.670. The molecule has 74 valence electrons. The van der Waals surface area contributed by atoms with E-state index < -0.39 is 17.7 Å². The Bertz CT molecular complexity index is 300. The van der Waals surface area contributed by atoms with Crippen molar-refractivity contribution >= 4 is 12.4 Å². The molecule has 0 radical (unpaired) electrons. The summed E-state index contributed by atoms with van der Waals surface area (Å²) in [6.45, 7) is 3.14. The Kier molecular flexibility index (Phi) is 4.30. The third-order valence-electron chi connectivity index (χ3n) is 1.80. The molecule has 0 aliphatic rings. The van der Waals surface area contributed by atoms with Gasteiger partial charge in [-0.2, -0.15) is 0 Å².